The van der Waals surface area contributed by atoms with Gasteiger partial charge in [-0.1, -0.05) is 0 Å². The predicted octanol–water partition coefficient (Wildman–Crippen LogP) is 1.04. The van der Waals surface area contributed by atoms with Gasteiger partial charge in [0.2, 0.25) is 5.88 Å². The van der Waals surface area contributed by atoms with Gasteiger partial charge in [0.25, 0.3) is 5.91 Å². The highest BCUT2D eigenvalue weighted by molar-refractivity contribution is 6.06. The Balaban J connectivity index is 2.22. The Morgan fingerprint density at radius 2 is 2.04 bits per heavy atom. The van der Waals surface area contributed by atoms with Crippen molar-refractivity contribution in [3.63, 3.8) is 0 Å². The zero-order valence-corrected chi connectivity index (χ0v) is 13.1. The lowest BCUT2D eigenvalue weighted by molar-refractivity contribution is 0.0527. The van der Waals surface area contributed by atoms with Crippen LogP contribution in [0.5, 0.6) is 5.88 Å². The summed E-state index contributed by atoms with van der Waals surface area (Å²) in [4.78, 5) is 32.0. The summed E-state index contributed by atoms with van der Waals surface area (Å²) in [7, 11) is 1.60. The molecule has 0 aliphatic rings. The van der Waals surface area contributed by atoms with Crippen molar-refractivity contribution in [1.29, 1.82) is 0 Å². The maximum absolute atomic E-state index is 12.3. The van der Waals surface area contributed by atoms with E-state index in [1.165, 1.54) is 23.3 Å². The Hall–Kier alpha value is -2.97. The van der Waals surface area contributed by atoms with Crippen molar-refractivity contribution in [2.24, 2.45) is 7.05 Å². The maximum atomic E-state index is 12.3. The summed E-state index contributed by atoms with van der Waals surface area (Å²) in [5, 5.41) is 6.56. The third-order valence-electron chi connectivity index (χ3n) is 2.83. The number of anilines is 1. The van der Waals surface area contributed by atoms with E-state index in [1.807, 2.05) is 6.92 Å². The molecule has 122 valence electrons. The molecule has 0 unspecified atom stereocenters. The molecular weight excluding hydrogens is 302 g/mol. The number of ether oxygens (including phenoxy) is 2. The Bertz CT molecular complexity index is 713. The summed E-state index contributed by atoms with van der Waals surface area (Å²) in [6, 6.07) is 1.42. The zero-order valence-electron chi connectivity index (χ0n) is 13.1. The molecule has 23 heavy (non-hydrogen) atoms. The van der Waals surface area contributed by atoms with E-state index in [2.05, 4.69) is 20.4 Å². The van der Waals surface area contributed by atoms with Crippen molar-refractivity contribution in [3.8, 4) is 5.88 Å². The summed E-state index contributed by atoms with van der Waals surface area (Å²) < 4.78 is 11.5. The maximum Gasteiger partial charge on any atom is 0.343 e. The minimum atomic E-state index is -0.561. The van der Waals surface area contributed by atoms with Gasteiger partial charge >= 0.3 is 5.97 Å². The minimum Gasteiger partial charge on any atom is -0.478 e. The van der Waals surface area contributed by atoms with E-state index in [4.69, 9.17) is 9.47 Å². The summed E-state index contributed by atoms with van der Waals surface area (Å²) in [5.41, 5.74) is 0.279. The first-order valence-corrected chi connectivity index (χ1v) is 7.02. The second-order valence-electron chi connectivity index (χ2n) is 4.38. The van der Waals surface area contributed by atoms with Gasteiger partial charge < -0.3 is 14.8 Å². The first kappa shape index (κ1) is 16.4. The molecule has 0 aliphatic heterocycles. The number of rotatable bonds is 6. The summed E-state index contributed by atoms with van der Waals surface area (Å²) in [6.45, 7) is 4.16. The van der Waals surface area contributed by atoms with Gasteiger partial charge in [0, 0.05) is 13.1 Å². The smallest absolute Gasteiger partial charge is 0.343 e. The first-order valence-electron chi connectivity index (χ1n) is 7.02. The highest BCUT2D eigenvalue weighted by atomic mass is 16.5. The molecule has 0 spiro atoms. The number of nitrogens with zero attached hydrogens (tertiary/aromatic N) is 4. The van der Waals surface area contributed by atoms with Crippen LogP contribution in [0, 0.1) is 0 Å². The Morgan fingerprint density at radius 1 is 1.26 bits per heavy atom. The number of carbonyl (C=O) groups is 2. The van der Waals surface area contributed by atoms with Gasteiger partial charge in [-0.3, -0.25) is 9.48 Å². The van der Waals surface area contributed by atoms with Gasteiger partial charge in [-0.2, -0.15) is 5.10 Å². The van der Waals surface area contributed by atoms with E-state index in [0.717, 1.165) is 0 Å². The SMILES string of the molecule is CCOC(=O)c1cnn(C)c1NC(=O)c1cc(OCC)ncn1. The van der Waals surface area contributed by atoms with Crippen LogP contribution >= 0.6 is 0 Å². The van der Waals surface area contributed by atoms with Crippen LogP contribution in [0.4, 0.5) is 5.82 Å². The lowest BCUT2D eigenvalue weighted by Gasteiger charge is -2.08. The number of amides is 1. The quantitative estimate of drug-likeness (QED) is 0.792. The molecule has 0 saturated carbocycles. The summed E-state index contributed by atoms with van der Waals surface area (Å²) in [5.74, 6) is -0.551. The molecule has 1 amide bonds. The molecule has 0 aliphatic carbocycles. The molecule has 2 aromatic rings. The number of hydrogen-bond donors (Lipinski definition) is 1. The van der Waals surface area contributed by atoms with Crippen LogP contribution in [0.1, 0.15) is 34.7 Å². The van der Waals surface area contributed by atoms with Crippen molar-refractivity contribution in [2.75, 3.05) is 18.5 Å². The van der Waals surface area contributed by atoms with Crippen LogP contribution in [0.3, 0.4) is 0 Å². The predicted molar refractivity (Wildman–Crippen MR) is 80.3 cm³/mol. The summed E-state index contributed by atoms with van der Waals surface area (Å²) in [6.07, 6.45) is 2.56. The Labute approximate surface area is 132 Å². The highest BCUT2D eigenvalue weighted by Crippen LogP contribution is 2.17. The van der Waals surface area contributed by atoms with E-state index in [9.17, 15) is 9.59 Å². The fraction of sp³-hybridized carbons (Fsp3) is 0.357. The fourth-order valence-corrected chi connectivity index (χ4v) is 1.81. The van der Waals surface area contributed by atoms with E-state index >= 15 is 0 Å². The third kappa shape index (κ3) is 3.82. The normalized spacial score (nSPS) is 10.2. The van der Waals surface area contributed by atoms with Crippen molar-refractivity contribution < 1.29 is 19.1 Å². The minimum absolute atomic E-state index is 0.111. The van der Waals surface area contributed by atoms with Crippen LogP contribution in [-0.4, -0.2) is 44.8 Å². The molecule has 0 aromatic carbocycles. The van der Waals surface area contributed by atoms with Gasteiger partial charge in [0.1, 0.15) is 23.4 Å². The topological polar surface area (TPSA) is 108 Å². The van der Waals surface area contributed by atoms with Gasteiger partial charge in [-0.25, -0.2) is 14.8 Å². The van der Waals surface area contributed by atoms with Crippen LogP contribution in [0.2, 0.25) is 0 Å². The lowest BCUT2D eigenvalue weighted by Crippen LogP contribution is -2.19. The molecule has 0 fully saturated rings. The van der Waals surface area contributed by atoms with Gasteiger partial charge in [0.15, 0.2) is 0 Å². The molecule has 9 heteroatoms. The largest absolute Gasteiger partial charge is 0.478 e. The van der Waals surface area contributed by atoms with E-state index in [1.54, 1.807) is 14.0 Å². The van der Waals surface area contributed by atoms with Crippen molar-refractivity contribution in [2.45, 2.75) is 13.8 Å². The second kappa shape index (κ2) is 7.34. The highest BCUT2D eigenvalue weighted by Gasteiger charge is 2.20. The molecular formula is C14H17N5O4. The number of aryl methyl sites for hydroxylation is 1. The molecule has 2 heterocycles. The lowest BCUT2D eigenvalue weighted by atomic mass is 10.3. The molecule has 0 bridgehead atoms. The number of nitrogens with one attached hydrogen (secondary N) is 1. The molecule has 1 N–H and O–H groups in total. The molecule has 2 aromatic heterocycles. The van der Waals surface area contributed by atoms with E-state index in [-0.39, 0.29) is 23.7 Å². The first-order chi connectivity index (χ1) is 11.1. The molecule has 0 radical (unpaired) electrons. The standard InChI is InChI=1S/C14H17N5O4/c1-4-22-11-6-10(15-8-16-11)13(20)18-12-9(7-17-19(12)3)14(21)23-5-2/h6-8H,4-5H2,1-3H3,(H,18,20). The second-order valence-corrected chi connectivity index (χ2v) is 4.38. The van der Waals surface area contributed by atoms with E-state index < -0.39 is 11.9 Å². The van der Waals surface area contributed by atoms with Crippen molar-refractivity contribution in [1.82, 2.24) is 19.7 Å². The molecule has 2 rings (SSSR count). The van der Waals surface area contributed by atoms with E-state index in [0.29, 0.717) is 12.5 Å². The zero-order chi connectivity index (χ0) is 16.8. The van der Waals surface area contributed by atoms with Crippen molar-refractivity contribution >= 4 is 17.7 Å². The number of hydrogen-bond acceptors (Lipinski definition) is 7. The van der Waals surface area contributed by atoms with Gasteiger partial charge in [-0.05, 0) is 13.8 Å². The number of aromatic nitrogens is 4. The Morgan fingerprint density at radius 3 is 2.74 bits per heavy atom. The average molecular weight is 319 g/mol. The average Bonchev–Trinajstić information content (AvgIpc) is 2.89. The van der Waals surface area contributed by atoms with Crippen molar-refractivity contribution in [3.05, 3.63) is 29.8 Å². The van der Waals surface area contributed by atoms with Crippen LogP contribution < -0.4 is 10.1 Å². The van der Waals surface area contributed by atoms with Gasteiger partial charge in [0.05, 0.1) is 19.4 Å². The number of carbonyl (C=O) groups excluding carboxylic acids is 2. The number of esters is 1. The summed E-state index contributed by atoms with van der Waals surface area (Å²) >= 11 is 0. The molecule has 0 saturated heterocycles. The van der Waals surface area contributed by atoms with Crippen LogP contribution in [-0.2, 0) is 11.8 Å². The molecule has 9 nitrogen and oxygen atoms in total. The third-order valence-corrected chi connectivity index (χ3v) is 2.83. The monoisotopic (exact) mass is 319 g/mol. The van der Waals surface area contributed by atoms with Gasteiger partial charge in [-0.15, -0.1) is 0 Å². The van der Waals surface area contributed by atoms with Crippen LogP contribution in [0.25, 0.3) is 0 Å². The fourth-order valence-electron chi connectivity index (χ4n) is 1.81. The van der Waals surface area contributed by atoms with Crippen LogP contribution in [0.15, 0.2) is 18.6 Å². The molecule has 0 atom stereocenters. The Kier molecular flexibility index (Phi) is 5.23.